The fourth-order valence-electron chi connectivity index (χ4n) is 2.42. The van der Waals surface area contributed by atoms with E-state index in [-0.39, 0.29) is 18.1 Å². The lowest BCUT2D eigenvalue weighted by Crippen LogP contribution is -2.14. The largest absolute Gasteiger partial charge is 0.508 e. The average Bonchev–Trinajstić information content (AvgIpc) is 2.89. The number of carbonyl (C=O) groups is 1. The van der Waals surface area contributed by atoms with Gasteiger partial charge in [-0.2, -0.15) is 0 Å². The molecule has 3 N–H and O–H groups in total. The number of amides is 1. The van der Waals surface area contributed by atoms with Gasteiger partial charge in [0.1, 0.15) is 5.75 Å². The maximum Gasteiger partial charge on any atom is 0.228 e. The Labute approximate surface area is 117 Å². The van der Waals surface area contributed by atoms with Crippen molar-refractivity contribution in [3.8, 4) is 5.75 Å². The number of hydrogen-bond donors (Lipinski definition) is 3. The Morgan fingerprint density at radius 1 is 1.25 bits per heavy atom. The first-order chi connectivity index (χ1) is 9.72. The Kier molecular flexibility index (Phi) is 3.29. The van der Waals surface area contributed by atoms with Crippen LogP contribution in [0.15, 0.2) is 42.5 Å². The summed E-state index contributed by atoms with van der Waals surface area (Å²) in [6, 6.07) is 12.8. The summed E-state index contributed by atoms with van der Waals surface area (Å²) in [6.45, 7) is 0.949. The predicted molar refractivity (Wildman–Crippen MR) is 79.1 cm³/mol. The molecule has 0 bridgehead atoms. The minimum absolute atomic E-state index is 0.127. The van der Waals surface area contributed by atoms with Crippen LogP contribution in [0.25, 0.3) is 0 Å². The zero-order valence-corrected chi connectivity index (χ0v) is 11.0. The number of benzene rings is 2. The molecule has 1 aliphatic heterocycles. The van der Waals surface area contributed by atoms with E-state index >= 15 is 0 Å². The SMILES string of the molecule is O=C(Cc1ccccc1O)Nc1ccc2c(c1)CCN2. The second-order valence-electron chi connectivity index (χ2n) is 4.90. The highest BCUT2D eigenvalue weighted by molar-refractivity contribution is 5.93. The van der Waals surface area contributed by atoms with Crippen molar-refractivity contribution in [3.05, 3.63) is 53.6 Å². The second-order valence-corrected chi connectivity index (χ2v) is 4.90. The summed E-state index contributed by atoms with van der Waals surface area (Å²) in [5.74, 6) is 0.0261. The van der Waals surface area contributed by atoms with E-state index in [9.17, 15) is 9.90 Å². The first kappa shape index (κ1) is 12.5. The van der Waals surface area contributed by atoms with Gasteiger partial charge >= 0.3 is 0 Å². The number of para-hydroxylation sites is 1. The summed E-state index contributed by atoms with van der Waals surface area (Å²) in [4.78, 5) is 12.0. The van der Waals surface area contributed by atoms with E-state index in [1.54, 1.807) is 18.2 Å². The Morgan fingerprint density at radius 3 is 2.95 bits per heavy atom. The monoisotopic (exact) mass is 268 g/mol. The number of fused-ring (bicyclic) bond motifs is 1. The van der Waals surface area contributed by atoms with E-state index in [1.807, 2.05) is 24.3 Å². The number of phenols is 1. The number of carbonyl (C=O) groups excluding carboxylic acids is 1. The van der Waals surface area contributed by atoms with Crippen molar-refractivity contribution in [3.63, 3.8) is 0 Å². The number of nitrogens with one attached hydrogen (secondary N) is 2. The molecule has 1 amide bonds. The highest BCUT2D eigenvalue weighted by Gasteiger charge is 2.12. The molecule has 0 spiro atoms. The minimum Gasteiger partial charge on any atom is -0.508 e. The van der Waals surface area contributed by atoms with Crippen LogP contribution in [0, 0.1) is 0 Å². The lowest BCUT2D eigenvalue weighted by atomic mass is 10.1. The van der Waals surface area contributed by atoms with Gasteiger partial charge in [0.15, 0.2) is 0 Å². The van der Waals surface area contributed by atoms with Gasteiger partial charge in [0.05, 0.1) is 6.42 Å². The fourth-order valence-corrected chi connectivity index (χ4v) is 2.42. The van der Waals surface area contributed by atoms with Gasteiger partial charge in [0.25, 0.3) is 0 Å². The first-order valence-corrected chi connectivity index (χ1v) is 6.66. The third-order valence-electron chi connectivity index (χ3n) is 3.44. The lowest BCUT2D eigenvalue weighted by molar-refractivity contribution is -0.115. The van der Waals surface area contributed by atoms with Crippen LogP contribution in [-0.4, -0.2) is 17.6 Å². The Hall–Kier alpha value is -2.49. The number of anilines is 2. The molecule has 0 aliphatic carbocycles. The third-order valence-corrected chi connectivity index (χ3v) is 3.44. The van der Waals surface area contributed by atoms with Crippen LogP contribution in [0.2, 0.25) is 0 Å². The summed E-state index contributed by atoms with van der Waals surface area (Å²) in [5.41, 5.74) is 3.80. The molecule has 4 nitrogen and oxygen atoms in total. The van der Waals surface area contributed by atoms with Crippen molar-refractivity contribution in [1.29, 1.82) is 0 Å². The average molecular weight is 268 g/mol. The van der Waals surface area contributed by atoms with Gasteiger partial charge in [-0.25, -0.2) is 0 Å². The van der Waals surface area contributed by atoms with Crippen molar-refractivity contribution < 1.29 is 9.90 Å². The summed E-state index contributed by atoms with van der Waals surface area (Å²) < 4.78 is 0. The standard InChI is InChI=1S/C16H16N2O2/c19-15-4-2-1-3-12(15)10-16(20)18-13-5-6-14-11(9-13)7-8-17-14/h1-6,9,17,19H,7-8,10H2,(H,18,20). The van der Waals surface area contributed by atoms with Crippen LogP contribution in [0.4, 0.5) is 11.4 Å². The molecule has 0 unspecified atom stereocenters. The van der Waals surface area contributed by atoms with Crippen molar-refractivity contribution in [2.24, 2.45) is 0 Å². The molecule has 0 aromatic heterocycles. The van der Waals surface area contributed by atoms with Gasteiger partial charge < -0.3 is 15.7 Å². The van der Waals surface area contributed by atoms with Gasteiger partial charge in [-0.15, -0.1) is 0 Å². The molecule has 20 heavy (non-hydrogen) atoms. The van der Waals surface area contributed by atoms with Crippen LogP contribution in [0.3, 0.4) is 0 Å². The van der Waals surface area contributed by atoms with E-state index in [4.69, 9.17) is 0 Å². The summed E-state index contributed by atoms with van der Waals surface area (Å²) in [6.07, 6.45) is 1.15. The van der Waals surface area contributed by atoms with E-state index < -0.39 is 0 Å². The number of phenolic OH excluding ortho intramolecular Hbond substituents is 1. The fraction of sp³-hybridized carbons (Fsp3) is 0.188. The molecule has 2 aromatic carbocycles. The molecular weight excluding hydrogens is 252 g/mol. The maximum absolute atomic E-state index is 12.0. The van der Waals surface area contributed by atoms with E-state index in [0.29, 0.717) is 5.56 Å². The number of aromatic hydroxyl groups is 1. The van der Waals surface area contributed by atoms with Gasteiger partial charge in [-0.1, -0.05) is 18.2 Å². The Morgan fingerprint density at radius 2 is 2.10 bits per heavy atom. The minimum atomic E-state index is -0.127. The van der Waals surface area contributed by atoms with Crippen molar-refractivity contribution in [1.82, 2.24) is 0 Å². The van der Waals surface area contributed by atoms with Gasteiger partial charge in [-0.3, -0.25) is 4.79 Å². The number of hydrogen-bond acceptors (Lipinski definition) is 3. The summed E-state index contributed by atoms with van der Waals surface area (Å²) in [5, 5.41) is 15.8. The lowest BCUT2D eigenvalue weighted by Gasteiger charge is -2.08. The van der Waals surface area contributed by atoms with Gasteiger partial charge in [-0.05, 0) is 36.2 Å². The molecule has 0 radical (unpaired) electrons. The molecule has 3 rings (SSSR count). The summed E-state index contributed by atoms with van der Waals surface area (Å²) in [7, 11) is 0. The van der Waals surface area contributed by atoms with E-state index in [2.05, 4.69) is 10.6 Å². The first-order valence-electron chi connectivity index (χ1n) is 6.66. The smallest absolute Gasteiger partial charge is 0.228 e. The Balaban J connectivity index is 1.69. The van der Waals surface area contributed by atoms with E-state index in [1.165, 1.54) is 5.56 Å². The third kappa shape index (κ3) is 2.59. The number of rotatable bonds is 3. The van der Waals surface area contributed by atoms with Crippen LogP contribution in [-0.2, 0) is 17.6 Å². The second kappa shape index (κ2) is 5.25. The molecular formula is C16H16N2O2. The van der Waals surface area contributed by atoms with Gasteiger partial charge in [0.2, 0.25) is 5.91 Å². The predicted octanol–water partition coefficient (Wildman–Crippen LogP) is 2.54. The molecule has 2 aromatic rings. The van der Waals surface area contributed by atoms with Gasteiger partial charge in [0, 0.05) is 23.5 Å². The van der Waals surface area contributed by atoms with E-state index in [0.717, 1.165) is 24.3 Å². The van der Waals surface area contributed by atoms with Crippen molar-refractivity contribution >= 4 is 17.3 Å². The molecule has 4 heteroatoms. The maximum atomic E-state index is 12.0. The Bertz CT molecular complexity index is 653. The zero-order valence-electron chi connectivity index (χ0n) is 11.0. The van der Waals surface area contributed by atoms with Crippen LogP contribution >= 0.6 is 0 Å². The quantitative estimate of drug-likeness (QED) is 0.801. The molecule has 0 saturated heterocycles. The molecule has 1 heterocycles. The molecule has 102 valence electrons. The zero-order chi connectivity index (χ0) is 13.9. The normalized spacial score (nSPS) is 12.6. The van der Waals surface area contributed by atoms with Crippen molar-refractivity contribution in [2.75, 3.05) is 17.2 Å². The molecule has 0 fully saturated rings. The summed E-state index contributed by atoms with van der Waals surface area (Å²) >= 11 is 0. The topological polar surface area (TPSA) is 61.4 Å². The van der Waals surface area contributed by atoms with Crippen LogP contribution in [0.1, 0.15) is 11.1 Å². The molecule has 1 aliphatic rings. The highest BCUT2D eigenvalue weighted by Crippen LogP contribution is 2.25. The molecule has 0 saturated carbocycles. The van der Waals surface area contributed by atoms with Crippen LogP contribution in [0.5, 0.6) is 5.75 Å². The van der Waals surface area contributed by atoms with Crippen molar-refractivity contribution in [2.45, 2.75) is 12.8 Å². The molecule has 0 atom stereocenters. The highest BCUT2D eigenvalue weighted by atomic mass is 16.3. The van der Waals surface area contributed by atoms with Crippen LogP contribution < -0.4 is 10.6 Å².